The van der Waals surface area contributed by atoms with Gasteiger partial charge in [-0.25, -0.2) is 0 Å². The molecule has 0 saturated carbocycles. The number of carbonyl (C=O) groups excluding carboxylic acids is 1. The monoisotopic (exact) mass is 266 g/mol. The fourth-order valence-corrected chi connectivity index (χ4v) is 1.09. The van der Waals surface area contributed by atoms with E-state index in [-0.39, 0.29) is 5.91 Å². The standard InChI is InChI=1S/C7H8BrClN2O2/c1-4(9)7(12)10-3-5-2-6(8)11-13-5/h2,4H,3H2,1H3,(H,10,12). The number of halogens is 2. The second-order valence-corrected chi connectivity index (χ2v) is 3.92. The molecule has 1 aromatic rings. The van der Waals surface area contributed by atoms with E-state index in [0.717, 1.165) is 0 Å². The number of carbonyl (C=O) groups is 1. The lowest BCUT2D eigenvalue weighted by atomic mass is 10.4. The van der Waals surface area contributed by atoms with Crippen molar-refractivity contribution in [3.63, 3.8) is 0 Å². The number of rotatable bonds is 3. The molecule has 0 aliphatic carbocycles. The summed E-state index contributed by atoms with van der Waals surface area (Å²) in [7, 11) is 0. The Bertz CT molecular complexity index is 300. The Morgan fingerprint density at radius 1 is 1.92 bits per heavy atom. The molecule has 0 aromatic carbocycles. The molecule has 1 amide bonds. The highest BCUT2D eigenvalue weighted by Gasteiger charge is 2.09. The number of alkyl halides is 1. The summed E-state index contributed by atoms with van der Waals surface area (Å²) in [5.74, 6) is 0.353. The molecule has 13 heavy (non-hydrogen) atoms. The van der Waals surface area contributed by atoms with E-state index in [0.29, 0.717) is 16.9 Å². The first-order valence-corrected chi connectivity index (χ1v) is 4.85. The zero-order chi connectivity index (χ0) is 9.84. The Kier molecular flexibility index (Phi) is 3.74. The predicted molar refractivity (Wildman–Crippen MR) is 51.4 cm³/mol. The van der Waals surface area contributed by atoms with Crippen LogP contribution < -0.4 is 5.32 Å². The van der Waals surface area contributed by atoms with Gasteiger partial charge < -0.3 is 9.84 Å². The maximum Gasteiger partial charge on any atom is 0.238 e. The Morgan fingerprint density at radius 3 is 3.08 bits per heavy atom. The van der Waals surface area contributed by atoms with Crippen molar-refractivity contribution in [2.45, 2.75) is 18.8 Å². The van der Waals surface area contributed by atoms with Gasteiger partial charge in [-0.15, -0.1) is 11.6 Å². The van der Waals surface area contributed by atoms with Gasteiger partial charge >= 0.3 is 0 Å². The van der Waals surface area contributed by atoms with Crippen LogP contribution in [0, 0.1) is 0 Å². The number of aromatic nitrogens is 1. The van der Waals surface area contributed by atoms with Gasteiger partial charge in [-0.3, -0.25) is 4.79 Å². The van der Waals surface area contributed by atoms with Crippen LogP contribution in [0.3, 0.4) is 0 Å². The number of hydrogen-bond donors (Lipinski definition) is 1. The fourth-order valence-electron chi connectivity index (χ4n) is 0.686. The molecule has 72 valence electrons. The summed E-state index contributed by atoms with van der Waals surface area (Å²) in [5, 5.41) is 5.65. The van der Waals surface area contributed by atoms with E-state index in [1.165, 1.54) is 0 Å². The third-order valence-electron chi connectivity index (χ3n) is 1.33. The third kappa shape index (κ3) is 3.36. The van der Waals surface area contributed by atoms with Gasteiger partial charge in [0.25, 0.3) is 0 Å². The van der Waals surface area contributed by atoms with Gasteiger partial charge in [0.1, 0.15) is 9.98 Å². The van der Waals surface area contributed by atoms with Crippen molar-refractivity contribution in [3.8, 4) is 0 Å². The Morgan fingerprint density at radius 2 is 2.62 bits per heavy atom. The van der Waals surface area contributed by atoms with E-state index in [1.807, 2.05) is 0 Å². The molecule has 1 atom stereocenters. The van der Waals surface area contributed by atoms with E-state index in [9.17, 15) is 4.79 Å². The minimum Gasteiger partial charge on any atom is -0.358 e. The van der Waals surface area contributed by atoms with Gasteiger partial charge in [0.05, 0.1) is 6.54 Å². The van der Waals surface area contributed by atoms with Crippen LogP contribution in [0.25, 0.3) is 0 Å². The summed E-state index contributed by atoms with van der Waals surface area (Å²) in [6, 6.07) is 1.68. The smallest absolute Gasteiger partial charge is 0.238 e. The first-order valence-electron chi connectivity index (χ1n) is 3.62. The fraction of sp³-hybridized carbons (Fsp3) is 0.429. The second kappa shape index (κ2) is 4.62. The summed E-state index contributed by atoms with van der Waals surface area (Å²) in [5.41, 5.74) is 0. The van der Waals surface area contributed by atoms with E-state index < -0.39 is 5.38 Å². The SMILES string of the molecule is CC(Cl)C(=O)NCc1cc(Br)no1. The summed E-state index contributed by atoms with van der Waals surface area (Å²) in [6.07, 6.45) is 0. The number of nitrogens with zero attached hydrogens (tertiary/aromatic N) is 1. The van der Waals surface area contributed by atoms with Crippen LogP contribution in [0.1, 0.15) is 12.7 Å². The van der Waals surface area contributed by atoms with Crippen LogP contribution in [0.2, 0.25) is 0 Å². The van der Waals surface area contributed by atoms with Gasteiger partial charge in [-0.2, -0.15) is 0 Å². The Hall–Kier alpha value is -0.550. The summed E-state index contributed by atoms with van der Waals surface area (Å²) < 4.78 is 5.45. The van der Waals surface area contributed by atoms with Gasteiger partial charge in [-0.1, -0.05) is 5.16 Å². The molecule has 1 rings (SSSR count). The minimum atomic E-state index is -0.536. The Labute approximate surface area is 88.7 Å². The van der Waals surface area contributed by atoms with E-state index in [4.69, 9.17) is 16.1 Å². The molecule has 4 nitrogen and oxygen atoms in total. The molecule has 6 heteroatoms. The van der Waals surface area contributed by atoms with Gasteiger partial charge in [0.2, 0.25) is 5.91 Å². The predicted octanol–water partition coefficient (Wildman–Crippen LogP) is 1.68. The first kappa shape index (κ1) is 10.5. The van der Waals surface area contributed by atoms with E-state index >= 15 is 0 Å². The highest BCUT2D eigenvalue weighted by atomic mass is 79.9. The van der Waals surface area contributed by atoms with Crippen LogP contribution in [0.15, 0.2) is 15.2 Å². The molecule has 0 aliphatic rings. The normalized spacial score (nSPS) is 12.5. The number of hydrogen-bond acceptors (Lipinski definition) is 3. The first-order chi connectivity index (χ1) is 6.09. The van der Waals surface area contributed by atoms with Crippen molar-refractivity contribution in [3.05, 3.63) is 16.4 Å². The highest BCUT2D eigenvalue weighted by Crippen LogP contribution is 2.09. The number of nitrogens with one attached hydrogen (secondary N) is 1. The van der Waals surface area contributed by atoms with Gasteiger partial charge in [0.15, 0.2) is 5.76 Å². The molecule has 1 heterocycles. The molecule has 1 aromatic heterocycles. The van der Waals surface area contributed by atoms with Crippen LogP contribution >= 0.6 is 27.5 Å². The molecule has 0 saturated heterocycles. The quantitative estimate of drug-likeness (QED) is 0.848. The molecule has 0 fully saturated rings. The lowest BCUT2D eigenvalue weighted by molar-refractivity contribution is -0.120. The van der Waals surface area contributed by atoms with Crippen LogP contribution in [-0.2, 0) is 11.3 Å². The maximum absolute atomic E-state index is 11.0. The van der Waals surface area contributed by atoms with Crippen LogP contribution in [0.4, 0.5) is 0 Å². The van der Waals surface area contributed by atoms with Crippen molar-refractivity contribution in [1.29, 1.82) is 0 Å². The topological polar surface area (TPSA) is 55.1 Å². The molecule has 1 unspecified atom stereocenters. The zero-order valence-electron chi connectivity index (χ0n) is 6.88. The second-order valence-electron chi connectivity index (χ2n) is 2.45. The van der Waals surface area contributed by atoms with Crippen molar-refractivity contribution in [2.24, 2.45) is 0 Å². The molecule has 0 aliphatic heterocycles. The lowest BCUT2D eigenvalue weighted by Gasteiger charge is -2.02. The van der Waals surface area contributed by atoms with Gasteiger partial charge in [0, 0.05) is 6.07 Å². The average molecular weight is 268 g/mol. The third-order valence-corrected chi connectivity index (χ3v) is 1.90. The summed E-state index contributed by atoms with van der Waals surface area (Å²) >= 11 is 8.66. The maximum atomic E-state index is 11.0. The van der Waals surface area contributed by atoms with Crippen molar-refractivity contribution >= 4 is 33.4 Å². The van der Waals surface area contributed by atoms with E-state index in [2.05, 4.69) is 26.4 Å². The molecular formula is C7H8BrClN2O2. The van der Waals surface area contributed by atoms with Crippen molar-refractivity contribution in [2.75, 3.05) is 0 Å². The molecule has 1 N–H and O–H groups in total. The molecular weight excluding hydrogens is 259 g/mol. The average Bonchev–Trinajstić information content (AvgIpc) is 2.47. The molecule has 0 bridgehead atoms. The minimum absolute atomic E-state index is 0.228. The highest BCUT2D eigenvalue weighted by molar-refractivity contribution is 9.10. The largest absolute Gasteiger partial charge is 0.358 e. The number of amides is 1. The summed E-state index contributed by atoms with van der Waals surface area (Å²) in [6.45, 7) is 1.90. The van der Waals surface area contributed by atoms with Crippen LogP contribution in [0.5, 0.6) is 0 Å². The van der Waals surface area contributed by atoms with Crippen molar-refractivity contribution < 1.29 is 9.32 Å². The van der Waals surface area contributed by atoms with Gasteiger partial charge in [-0.05, 0) is 22.9 Å². The molecule has 0 radical (unpaired) electrons. The molecule has 0 spiro atoms. The zero-order valence-corrected chi connectivity index (χ0v) is 9.22. The van der Waals surface area contributed by atoms with Crippen molar-refractivity contribution in [1.82, 2.24) is 10.5 Å². The van der Waals surface area contributed by atoms with E-state index in [1.54, 1.807) is 13.0 Å². The summed E-state index contributed by atoms with van der Waals surface area (Å²) in [4.78, 5) is 11.0. The Balaban J connectivity index is 2.39. The lowest BCUT2D eigenvalue weighted by Crippen LogP contribution is -2.28. The van der Waals surface area contributed by atoms with Crippen LogP contribution in [-0.4, -0.2) is 16.4 Å².